The van der Waals surface area contributed by atoms with Gasteiger partial charge in [0.15, 0.2) is 5.82 Å². The number of amides is 3. The fraction of sp³-hybridized carbons (Fsp3) is 0.314. The van der Waals surface area contributed by atoms with Gasteiger partial charge in [-0.1, -0.05) is 42.5 Å². The first-order valence-electron chi connectivity index (χ1n) is 15.6. The Morgan fingerprint density at radius 3 is 2.39 bits per heavy atom. The third-order valence-electron chi connectivity index (χ3n) is 8.37. The van der Waals surface area contributed by atoms with E-state index in [4.69, 9.17) is 9.97 Å². The first kappa shape index (κ1) is 31.1. The molecule has 46 heavy (non-hydrogen) atoms. The number of para-hydroxylation sites is 1. The van der Waals surface area contributed by atoms with Crippen LogP contribution in [0, 0.1) is 18.6 Å². The third-order valence-corrected chi connectivity index (χ3v) is 8.37. The number of aryl methyl sites for hydroxylation is 1. The number of halogens is 2. The first-order valence-corrected chi connectivity index (χ1v) is 15.6. The molecule has 1 fully saturated rings. The van der Waals surface area contributed by atoms with Crippen molar-refractivity contribution >= 4 is 29.4 Å². The van der Waals surface area contributed by atoms with Gasteiger partial charge in [-0.3, -0.25) is 9.69 Å². The van der Waals surface area contributed by atoms with Gasteiger partial charge < -0.3 is 16.0 Å². The molecule has 0 bridgehead atoms. The highest BCUT2D eigenvalue weighted by Crippen LogP contribution is 2.39. The predicted octanol–water partition coefficient (Wildman–Crippen LogP) is 6.48. The van der Waals surface area contributed by atoms with Gasteiger partial charge in [0.1, 0.15) is 17.3 Å². The fourth-order valence-corrected chi connectivity index (χ4v) is 6.11. The van der Waals surface area contributed by atoms with Crippen LogP contribution in [0.15, 0.2) is 66.7 Å². The smallest absolute Gasteiger partial charge is 0.328 e. The SMILES string of the molecule is Cc1ccc(C(=O)NC(C)C)cc1-c1nc(NCC(c2ccccc2)N2CCCC2)nc2c1CNC(=O)N2c1c(F)cccc1F. The van der Waals surface area contributed by atoms with Crippen molar-refractivity contribution in [1.29, 1.82) is 0 Å². The van der Waals surface area contributed by atoms with Gasteiger partial charge in [0.05, 0.1) is 18.3 Å². The molecule has 3 heterocycles. The maximum Gasteiger partial charge on any atom is 0.328 e. The van der Waals surface area contributed by atoms with Crippen LogP contribution in [0.3, 0.4) is 0 Å². The zero-order valence-corrected chi connectivity index (χ0v) is 26.1. The van der Waals surface area contributed by atoms with E-state index in [0.29, 0.717) is 28.9 Å². The average molecular weight is 626 g/mol. The molecule has 3 N–H and O–H groups in total. The van der Waals surface area contributed by atoms with Crippen molar-refractivity contribution in [1.82, 2.24) is 25.5 Å². The van der Waals surface area contributed by atoms with Crippen molar-refractivity contribution in [2.75, 3.05) is 29.9 Å². The molecule has 4 aromatic rings. The number of carbonyl (C=O) groups excluding carboxylic acids is 2. The number of carbonyl (C=O) groups is 2. The Bertz CT molecular complexity index is 1740. The van der Waals surface area contributed by atoms with Crippen LogP contribution in [-0.4, -0.2) is 52.5 Å². The van der Waals surface area contributed by atoms with Crippen molar-refractivity contribution < 1.29 is 18.4 Å². The summed E-state index contributed by atoms with van der Waals surface area (Å²) >= 11 is 0. The lowest BCUT2D eigenvalue weighted by molar-refractivity contribution is 0.0943. The lowest BCUT2D eigenvalue weighted by Gasteiger charge is -2.31. The monoisotopic (exact) mass is 625 g/mol. The van der Waals surface area contributed by atoms with Crippen LogP contribution in [0.4, 0.5) is 31.0 Å². The van der Waals surface area contributed by atoms with Gasteiger partial charge in [0.2, 0.25) is 5.95 Å². The van der Waals surface area contributed by atoms with Crippen LogP contribution < -0.4 is 20.9 Å². The van der Waals surface area contributed by atoms with E-state index >= 15 is 8.78 Å². The summed E-state index contributed by atoms with van der Waals surface area (Å²) in [5.74, 6) is -1.79. The second-order valence-corrected chi connectivity index (χ2v) is 12.0. The Hall–Kier alpha value is -4.90. The molecule has 0 spiro atoms. The van der Waals surface area contributed by atoms with Gasteiger partial charge in [0, 0.05) is 29.3 Å². The summed E-state index contributed by atoms with van der Waals surface area (Å²) in [6.45, 7) is 8.07. The summed E-state index contributed by atoms with van der Waals surface area (Å²) in [6.07, 6.45) is 2.22. The Kier molecular flexibility index (Phi) is 8.94. The maximum absolute atomic E-state index is 15.2. The van der Waals surface area contributed by atoms with Gasteiger partial charge in [-0.15, -0.1) is 0 Å². The lowest BCUT2D eigenvalue weighted by Crippen LogP contribution is -2.43. The van der Waals surface area contributed by atoms with Crippen molar-refractivity contribution in [2.45, 2.75) is 52.2 Å². The fourth-order valence-electron chi connectivity index (χ4n) is 6.11. The molecule has 1 unspecified atom stereocenters. The highest BCUT2D eigenvalue weighted by molar-refractivity contribution is 6.02. The predicted molar refractivity (Wildman–Crippen MR) is 174 cm³/mol. The molecule has 1 atom stereocenters. The molecule has 3 aromatic carbocycles. The van der Waals surface area contributed by atoms with Crippen LogP contribution in [0.25, 0.3) is 11.3 Å². The molecule has 238 valence electrons. The van der Waals surface area contributed by atoms with Crippen molar-refractivity contribution in [2.24, 2.45) is 0 Å². The largest absolute Gasteiger partial charge is 0.352 e. The third kappa shape index (κ3) is 6.28. The lowest BCUT2D eigenvalue weighted by atomic mass is 9.97. The summed E-state index contributed by atoms with van der Waals surface area (Å²) in [7, 11) is 0. The Labute approximate surface area is 267 Å². The molecule has 1 aromatic heterocycles. The standard InChI is InChI=1S/C35H37F2N7O2/c1-21(2)40-33(45)24-15-14-22(3)25(18-24)30-26-19-39-35(46)44(31-27(36)12-9-13-28(31)37)32(26)42-34(41-30)38-20-29(43-16-7-8-17-43)23-10-5-4-6-11-23/h4-6,9-15,18,21,29H,7-8,16-17,19-20H2,1-3H3,(H,39,46)(H,40,45)(H,38,41,42). The van der Waals surface area contributed by atoms with Crippen LogP contribution >= 0.6 is 0 Å². The Balaban J connectivity index is 1.48. The Morgan fingerprint density at radius 1 is 0.978 bits per heavy atom. The van der Waals surface area contributed by atoms with Crippen molar-refractivity contribution in [3.05, 3.63) is 101 Å². The molecule has 9 nitrogen and oxygen atoms in total. The van der Waals surface area contributed by atoms with Crippen LogP contribution in [0.2, 0.25) is 0 Å². The van der Waals surface area contributed by atoms with E-state index < -0.39 is 23.4 Å². The maximum atomic E-state index is 15.2. The van der Waals surface area contributed by atoms with Gasteiger partial charge in [-0.05, 0) is 82.1 Å². The van der Waals surface area contributed by atoms with E-state index in [9.17, 15) is 9.59 Å². The van der Waals surface area contributed by atoms with E-state index in [1.165, 1.54) is 6.07 Å². The highest BCUT2D eigenvalue weighted by Gasteiger charge is 2.34. The van der Waals surface area contributed by atoms with Gasteiger partial charge >= 0.3 is 6.03 Å². The Morgan fingerprint density at radius 2 is 1.70 bits per heavy atom. The molecule has 6 rings (SSSR count). The van der Waals surface area contributed by atoms with Crippen LogP contribution in [-0.2, 0) is 6.54 Å². The number of fused-ring (bicyclic) bond motifs is 1. The van der Waals surface area contributed by atoms with Crippen molar-refractivity contribution in [3.8, 4) is 11.3 Å². The van der Waals surface area contributed by atoms with E-state index in [2.05, 4.69) is 33.0 Å². The normalized spacial score (nSPS) is 15.4. The number of urea groups is 1. The number of benzene rings is 3. The van der Waals surface area contributed by atoms with E-state index in [-0.39, 0.29) is 36.3 Å². The second-order valence-electron chi connectivity index (χ2n) is 12.0. The molecule has 11 heteroatoms. The van der Waals surface area contributed by atoms with E-state index in [1.54, 1.807) is 12.1 Å². The zero-order valence-electron chi connectivity index (χ0n) is 26.1. The number of hydrogen-bond acceptors (Lipinski definition) is 6. The molecule has 2 aliphatic rings. The summed E-state index contributed by atoms with van der Waals surface area (Å²) in [5.41, 5.74) is 3.43. The quantitative estimate of drug-likeness (QED) is 0.197. The molecule has 3 amide bonds. The van der Waals surface area contributed by atoms with Gasteiger partial charge in [-0.25, -0.2) is 23.5 Å². The molecule has 1 saturated heterocycles. The summed E-state index contributed by atoms with van der Waals surface area (Å²) in [4.78, 5) is 39.3. The molecule has 0 radical (unpaired) electrons. The summed E-state index contributed by atoms with van der Waals surface area (Å²) in [6, 6.07) is 18.2. The molecule has 0 aliphatic carbocycles. The summed E-state index contributed by atoms with van der Waals surface area (Å²) in [5, 5.41) is 9.04. The van der Waals surface area contributed by atoms with Gasteiger partial charge in [-0.2, -0.15) is 4.98 Å². The minimum atomic E-state index is -0.903. The minimum absolute atomic E-state index is 0.0264. The number of hydrogen-bond donors (Lipinski definition) is 3. The molecular weight excluding hydrogens is 588 g/mol. The topological polar surface area (TPSA) is 102 Å². The number of anilines is 3. The number of nitrogens with zero attached hydrogens (tertiary/aromatic N) is 4. The van der Waals surface area contributed by atoms with Crippen LogP contribution in [0.1, 0.15) is 59.8 Å². The highest BCUT2D eigenvalue weighted by atomic mass is 19.1. The minimum Gasteiger partial charge on any atom is -0.352 e. The van der Waals surface area contributed by atoms with Crippen molar-refractivity contribution in [3.63, 3.8) is 0 Å². The van der Waals surface area contributed by atoms with E-state index in [0.717, 1.165) is 54.1 Å². The number of likely N-dealkylation sites (tertiary alicyclic amines) is 1. The number of aromatic nitrogens is 2. The zero-order chi connectivity index (χ0) is 32.4. The molecule has 0 saturated carbocycles. The number of rotatable bonds is 9. The van der Waals surface area contributed by atoms with Crippen LogP contribution in [0.5, 0.6) is 0 Å². The second kappa shape index (κ2) is 13.2. The molecular formula is C35H37F2N7O2. The summed E-state index contributed by atoms with van der Waals surface area (Å²) < 4.78 is 30.4. The first-order chi connectivity index (χ1) is 22.2. The number of nitrogens with one attached hydrogen (secondary N) is 3. The molecule has 2 aliphatic heterocycles. The van der Waals surface area contributed by atoms with Gasteiger partial charge in [0.25, 0.3) is 5.91 Å². The van der Waals surface area contributed by atoms with E-state index in [1.807, 2.05) is 45.0 Å². The average Bonchev–Trinajstić information content (AvgIpc) is 3.57.